The molecule has 0 atom stereocenters. The van der Waals surface area contributed by atoms with Gasteiger partial charge in [0.15, 0.2) is 0 Å². The first-order chi connectivity index (χ1) is 17.7. The molecule has 1 saturated heterocycles. The van der Waals surface area contributed by atoms with Crippen LogP contribution in [0.3, 0.4) is 0 Å². The molecule has 2 N–H and O–H groups in total. The third-order valence-electron chi connectivity index (χ3n) is 5.92. The van der Waals surface area contributed by atoms with E-state index in [9.17, 15) is 19.2 Å². The summed E-state index contributed by atoms with van der Waals surface area (Å²) in [6.45, 7) is 5.78. The van der Waals surface area contributed by atoms with Crippen molar-refractivity contribution in [2.24, 2.45) is 13.0 Å². The first kappa shape index (κ1) is 25.6. The van der Waals surface area contributed by atoms with Crippen LogP contribution in [0, 0.1) is 5.92 Å². The summed E-state index contributed by atoms with van der Waals surface area (Å²) in [5.41, 5.74) is 3.28. The Labute approximate surface area is 213 Å². The van der Waals surface area contributed by atoms with Crippen LogP contribution in [0.15, 0.2) is 70.6 Å². The van der Waals surface area contributed by atoms with E-state index in [0.29, 0.717) is 42.9 Å². The zero-order valence-corrected chi connectivity index (χ0v) is 21.1. The van der Waals surface area contributed by atoms with Gasteiger partial charge in [0.05, 0.1) is 16.6 Å². The second-order valence-corrected chi connectivity index (χ2v) is 9.35. The number of nitrogens with zero attached hydrogens (tertiary/aromatic N) is 4. The quantitative estimate of drug-likeness (QED) is 0.435. The lowest BCUT2D eigenvalue weighted by Crippen LogP contribution is -2.46. The highest BCUT2D eigenvalue weighted by Crippen LogP contribution is 2.18. The number of urea groups is 1. The summed E-state index contributed by atoms with van der Waals surface area (Å²) >= 11 is 0. The number of hydrogen-bond acceptors (Lipinski definition) is 5. The molecule has 4 aromatic rings. The third-order valence-corrected chi connectivity index (χ3v) is 5.92. The van der Waals surface area contributed by atoms with Crippen molar-refractivity contribution >= 4 is 22.8 Å². The van der Waals surface area contributed by atoms with Crippen LogP contribution in [0.25, 0.3) is 22.2 Å². The first-order valence-electron chi connectivity index (χ1n) is 12.1. The van der Waals surface area contributed by atoms with E-state index in [1.165, 1.54) is 11.6 Å². The number of amides is 3. The number of carbonyl (C=O) groups excluding carboxylic acids is 2. The molecule has 4 heterocycles. The lowest BCUT2D eigenvalue weighted by molar-refractivity contribution is -0.120. The van der Waals surface area contributed by atoms with Gasteiger partial charge >= 0.3 is 11.7 Å². The number of aromatic nitrogens is 4. The summed E-state index contributed by atoms with van der Waals surface area (Å²) in [6, 6.07) is 13.7. The average Bonchev–Trinajstić information content (AvgIpc) is 3.30. The van der Waals surface area contributed by atoms with Crippen molar-refractivity contribution in [1.82, 2.24) is 29.3 Å². The van der Waals surface area contributed by atoms with Crippen molar-refractivity contribution in [3.05, 3.63) is 87.5 Å². The smallest absolute Gasteiger partial charge is 0.331 e. The van der Waals surface area contributed by atoms with E-state index < -0.39 is 0 Å². The highest BCUT2D eigenvalue weighted by Gasteiger charge is 2.14. The molecule has 0 spiro atoms. The van der Waals surface area contributed by atoms with E-state index in [1.54, 1.807) is 10.8 Å². The van der Waals surface area contributed by atoms with E-state index in [0.717, 1.165) is 16.8 Å². The maximum atomic E-state index is 12.6. The van der Waals surface area contributed by atoms with E-state index in [-0.39, 0.29) is 23.2 Å². The van der Waals surface area contributed by atoms with Crippen LogP contribution in [-0.2, 0) is 24.9 Å². The molecule has 0 unspecified atom stereocenters. The van der Waals surface area contributed by atoms with Crippen molar-refractivity contribution in [1.29, 1.82) is 0 Å². The minimum absolute atomic E-state index is 0.200. The largest absolute Gasteiger partial charge is 0.347 e. The lowest BCUT2D eigenvalue weighted by Gasteiger charge is -2.11. The molecule has 5 rings (SSSR count). The van der Waals surface area contributed by atoms with E-state index in [1.807, 2.05) is 35.2 Å². The van der Waals surface area contributed by atoms with Gasteiger partial charge in [0.25, 0.3) is 5.56 Å². The van der Waals surface area contributed by atoms with E-state index in [4.69, 9.17) is 0 Å². The Morgan fingerprint density at radius 1 is 1.00 bits per heavy atom. The predicted octanol–water partition coefficient (Wildman–Crippen LogP) is 2.48. The highest BCUT2D eigenvalue weighted by molar-refractivity contribution is 5.96. The molecule has 1 fully saturated rings. The molecule has 192 valence electrons. The number of nitrogens with one attached hydrogen (secondary N) is 2. The van der Waals surface area contributed by atoms with Crippen LogP contribution >= 0.6 is 0 Å². The fourth-order valence-electron chi connectivity index (χ4n) is 4.11. The van der Waals surface area contributed by atoms with Crippen molar-refractivity contribution in [2.45, 2.75) is 33.4 Å². The van der Waals surface area contributed by atoms with Crippen LogP contribution < -0.4 is 21.9 Å². The molecule has 10 nitrogen and oxygen atoms in total. The van der Waals surface area contributed by atoms with Crippen molar-refractivity contribution in [2.75, 3.05) is 6.54 Å². The Hall–Kier alpha value is -4.47. The van der Waals surface area contributed by atoms with Gasteiger partial charge in [-0.3, -0.25) is 29.0 Å². The topological polar surface area (TPSA) is 120 Å². The van der Waals surface area contributed by atoms with Gasteiger partial charge < -0.3 is 9.88 Å². The SMILES string of the molecule is CC(C)Cn1c(=O)n(C)c(=O)c2cn(Cc3ccc(-c4ccccn4)cc3)cc21.O=C1CCNC(=O)N1. The van der Waals surface area contributed by atoms with Crippen LogP contribution in [0.5, 0.6) is 0 Å². The predicted molar refractivity (Wildman–Crippen MR) is 141 cm³/mol. The van der Waals surface area contributed by atoms with Gasteiger partial charge in [0, 0.05) is 57.3 Å². The van der Waals surface area contributed by atoms with Crippen molar-refractivity contribution in [3.8, 4) is 11.3 Å². The van der Waals surface area contributed by atoms with Crippen LogP contribution in [0.2, 0.25) is 0 Å². The maximum absolute atomic E-state index is 12.6. The summed E-state index contributed by atoms with van der Waals surface area (Å²) in [4.78, 5) is 50.1. The summed E-state index contributed by atoms with van der Waals surface area (Å²) in [5.74, 6) is 0.102. The van der Waals surface area contributed by atoms with Gasteiger partial charge in [-0.05, 0) is 23.6 Å². The number of fused-ring (bicyclic) bond motifs is 1. The van der Waals surface area contributed by atoms with Crippen molar-refractivity contribution < 1.29 is 9.59 Å². The minimum Gasteiger partial charge on any atom is -0.347 e. The van der Waals surface area contributed by atoms with Crippen LogP contribution in [0.1, 0.15) is 25.8 Å². The van der Waals surface area contributed by atoms with E-state index in [2.05, 4.69) is 53.7 Å². The summed E-state index contributed by atoms with van der Waals surface area (Å²) in [6.07, 6.45) is 5.91. The molecular weight excluding hydrogens is 472 g/mol. The number of imide groups is 1. The van der Waals surface area contributed by atoms with Crippen LogP contribution in [-0.4, -0.2) is 37.2 Å². The van der Waals surface area contributed by atoms with Gasteiger partial charge in [-0.2, -0.15) is 0 Å². The number of hydrogen-bond donors (Lipinski definition) is 2. The number of benzene rings is 1. The molecule has 10 heteroatoms. The zero-order valence-electron chi connectivity index (χ0n) is 21.1. The van der Waals surface area contributed by atoms with Gasteiger partial charge in [-0.1, -0.05) is 44.2 Å². The molecule has 1 aromatic carbocycles. The lowest BCUT2D eigenvalue weighted by atomic mass is 10.1. The molecule has 1 aliphatic rings. The normalized spacial score (nSPS) is 13.2. The molecular formula is C27H30N6O4. The highest BCUT2D eigenvalue weighted by atomic mass is 16.2. The zero-order chi connectivity index (χ0) is 26.5. The van der Waals surface area contributed by atoms with Gasteiger partial charge in [-0.15, -0.1) is 0 Å². The Bertz CT molecular complexity index is 1520. The molecule has 37 heavy (non-hydrogen) atoms. The second kappa shape index (κ2) is 11.1. The maximum Gasteiger partial charge on any atom is 0.331 e. The molecule has 0 saturated carbocycles. The standard InChI is InChI=1S/C23H24N4O2.C4H6N2O2/c1-16(2)12-27-21-15-26(14-19(21)22(28)25(3)23(27)29)13-17-7-9-18(10-8-17)20-6-4-5-11-24-20;7-3-1-2-5-4(8)6-3/h4-11,14-16H,12-13H2,1-3H3;1-2H2,(H2,5,6,7,8). The number of carbonyl (C=O) groups is 2. The second-order valence-electron chi connectivity index (χ2n) is 9.35. The molecule has 3 aromatic heterocycles. The Kier molecular flexibility index (Phi) is 7.66. The van der Waals surface area contributed by atoms with E-state index >= 15 is 0 Å². The molecule has 0 radical (unpaired) electrons. The number of rotatable bonds is 5. The monoisotopic (exact) mass is 502 g/mol. The Morgan fingerprint density at radius 3 is 2.35 bits per heavy atom. The fourth-order valence-corrected chi connectivity index (χ4v) is 4.11. The summed E-state index contributed by atoms with van der Waals surface area (Å²) in [7, 11) is 1.54. The Morgan fingerprint density at radius 2 is 1.76 bits per heavy atom. The molecule has 1 aliphatic heterocycles. The van der Waals surface area contributed by atoms with Crippen molar-refractivity contribution in [3.63, 3.8) is 0 Å². The van der Waals surface area contributed by atoms with Gasteiger partial charge in [-0.25, -0.2) is 9.59 Å². The third kappa shape index (κ3) is 6.03. The Balaban J connectivity index is 0.000000342. The molecule has 3 amide bonds. The summed E-state index contributed by atoms with van der Waals surface area (Å²) < 4.78 is 4.86. The average molecular weight is 503 g/mol. The first-order valence-corrected chi connectivity index (χ1v) is 12.1. The fraction of sp³-hybridized carbons (Fsp3) is 0.296. The summed E-state index contributed by atoms with van der Waals surface area (Å²) in [5, 5.41) is 5.10. The number of pyridine rings is 1. The van der Waals surface area contributed by atoms with Gasteiger partial charge in [0.2, 0.25) is 5.91 Å². The minimum atomic E-state index is -0.388. The molecule has 0 bridgehead atoms. The van der Waals surface area contributed by atoms with Crippen LogP contribution in [0.4, 0.5) is 4.79 Å². The molecule has 0 aliphatic carbocycles. The van der Waals surface area contributed by atoms with Gasteiger partial charge in [0.1, 0.15) is 0 Å².